The largest absolute Gasteiger partial charge is 0.475 e. The first kappa shape index (κ1) is 21.4. The zero-order chi connectivity index (χ0) is 22.5. The summed E-state index contributed by atoms with van der Waals surface area (Å²) < 4.78 is 34.7. The lowest BCUT2D eigenvalue weighted by atomic mass is 9.75. The fourth-order valence-corrected chi connectivity index (χ4v) is 5.96. The number of methoxy groups -OCH3 is 2. The van der Waals surface area contributed by atoms with Crippen molar-refractivity contribution in [3.05, 3.63) is 34.5 Å². The summed E-state index contributed by atoms with van der Waals surface area (Å²) in [4.78, 5) is 13.0. The first-order valence-corrected chi connectivity index (χ1v) is 12.2. The highest BCUT2D eigenvalue weighted by molar-refractivity contribution is 7.91. The molecule has 32 heavy (non-hydrogen) atoms. The van der Waals surface area contributed by atoms with Crippen LogP contribution < -0.4 is 15.2 Å². The van der Waals surface area contributed by atoms with Crippen LogP contribution in [-0.4, -0.2) is 54.1 Å². The Morgan fingerprint density at radius 1 is 1.34 bits per heavy atom. The van der Waals surface area contributed by atoms with Crippen molar-refractivity contribution in [2.45, 2.75) is 42.5 Å². The summed E-state index contributed by atoms with van der Waals surface area (Å²) in [5, 5.41) is 13.1. The monoisotopic (exact) mass is 461 g/mol. The molecule has 3 N–H and O–H groups in total. The second-order valence-electron chi connectivity index (χ2n) is 8.44. The summed E-state index contributed by atoms with van der Waals surface area (Å²) in [6, 6.07) is 1.36. The minimum atomic E-state index is -3.55. The number of carbonyl (C=O) groups excluding carboxylic acids is 1. The molecular formula is C21H27N5O5S. The van der Waals surface area contributed by atoms with Gasteiger partial charge in [0.2, 0.25) is 5.88 Å². The van der Waals surface area contributed by atoms with E-state index in [0.717, 1.165) is 42.5 Å². The summed E-state index contributed by atoms with van der Waals surface area (Å²) in [5.74, 6) is 0.490. The number of aryl methyl sites for hydroxylation is 1. The van der Waals surface area contributed by atoms with Gasteiger partial charge in [-0.2, -0.15) is 5.10 Å². The quantitative estimate of drug-likeness (QED) is 0.678. The highest BCUT2D eigenvalue weighted by Crippen LogP contribution is 2.46. The molecule has 1 aromatic heterocycles. The maximum absolute atomic E-state index is 13.2. The van der Waals surface area contributed by atoms with Crippen molar-refractivity contribution >= 4 is 21.6 Å². The maximum Gasteiger partial charge on any atom is 0.354 e. The summed E-state index contributed by atoms with van der Waals surface area (Å²) >= 11 is 0. The van der Waals surface area contributed by atoms with Crippen LogP contribution in [0.2, 0.25) is 0 Å². The number of benzene rings is 1. The van der Waals surface area contributed by atoms with Crippen LogP contribution in [0.15, 0.2) is 21.5 Å². The van der Waals surface area contributed by atoms with E-state index in [-0.39, 0.29) is 22.7 Å². The number of ether oxygens (including phenoxy) is 3. The van der Waals surface area contributed by atoms with Gasteiger partial charge >= 0.3 is 6.03 Å². The van der Waals surface area contributed by atoms with E-state index in [1.54, 1.807) is 18.9 Å². The summed E-state index contributed by atoms with van der Waals surface area (Å²) in [6.45, 7) is 1.31. The standard InChI is InChI=1S/C21H27N5O5S/c1-29-9-14-7-13-6-12-4-3-5-16(12)19(18(13)14)24-21(27)25-32(22,28)17-8-23-26-15(10-30-2)11-31-20(17)26/h6,8,14-15H,3-5,7,9-11H2,1-2H3,(H3,22,24,25,27,28)/t14-,15-,32?/m1/s1. The molecule has 5 rings (SSSR count). The second kappa shape index (κ2) is 8.14. The molecule has 0 saturated carbocycles. The van der Waals surface area contributed by atoms with Gasteiger partial charge in [0.1, 0.15) is 17.5 Å². The third-order valence-electron chi connectivity index (χ3n) is 6.37. The predicted molar refractivity (Wildman–Crippen MR) is 117 cm³/mol. The van der Waals surface area contributed by atoms with Crippen LogP contribution >= 0.6 is 0 Å². The van der Waals surface area contributed by atoms with E-state index in [9.17, 15) is 9.00 Å². The number of rotatable bonds is 6. The summed E-state index contributed by atoms with van der Waals surface area (Å²) in [7, 11) is -0.297. The number of hydrogen-bond acceptors (Lipinski definition) is 6. The van der Waals surface area contributed by atoms with Crippen molar-refractivity contribution < 1.29 is 23.2 Å². The number of anilines is 1. The molecule has 2 heterocycles. The molecule has 11 heteroatoms. The van der Waals surface area contributed by atoms with Gasteiger partial charge in [0.15, 0.2) is 9.92 Å². The number of fused-ring (bicyclic) bond motifs is 3. The van der Waals surface area contributed by atoms with E-state index in [0.29, 0.717) is 19.8 Å². The second-order valence-corrected chi connectivity index (χ2v) is 10.2. The highest BCUT2D eigenvalue weighted by atomic mass is 32.2. The Balaban J connectivity index is 1.45. The summed E-state index contributed by atoms with van der Waals surface area (Å²) in [5.41, 5.74) is 5.49. The number of aromatic nitrogens is 2. The Kier molecular flexibility index (Phi) is 5.44. The van der Waals surface area contributed by atoms with Crippen LogP contribution in [0.3, 0.4) is 0 Å². The van der Waals surface area contributed by atoms with E-state index >= 15 is 0 Å². The molecule has 0 saturated heterocycles. The topological polar surface area (TPSA) is 130 Å². The number of amides is 2. The van der Waals surface area contributed by atoms with Crippen LogP contribution in [0.1, 0.15) is 40.6 Å². The van der Waals surface area contributed by atoms with E-state index in [1.807, 2.05) is 0 Å². The Labute approximate surface area is 186 Å². The molecule has 1 aliphatic heterocycles. The van der Waals surface area contributed by atoms with Gasteiger partial charge in [-0.25, -0.2) is 18.8 Å². The number of hydrogen-bond donors (Lipinski definition) is 2. The van der Waals surface area contributed by atoms with E-state index < -0.39 is 15.9 Å². The van der Waals surface area contributed by atoms with Gasteiger partial charge < -0.3 is 19.5 Å². The molecule has 1 aromatic carbocycles. The van der Waals surface area contributed by atoms with Crippen LogP contribution in [0.4, 0.5) is 10.5 Å². The predicted octanol–water partition coefficient (Wildman–Crippen LogP) is 2.17. The van der Waals surface area contributed by atoms with Crippen molar-refractivity contribution in [1.82, 2.24) is 9.78 Å². The minimum absolute atomic E-state index is 0.106. The molecule has 3 aliphatic rings. The molecule has 0 spiro atoms. The lowest BCUT2D eigenvalue weighted by Gasteiger charge is -2.33. The van der Waals surface area contributed by atoms with Gasteiger partial charge in [0.05, 0.1) is 19.4 Å². The van der Waals surface area contributed by atoms with Crippen LogP contribution in [0.25, 0.3) is 0 Å². The molecule has 0 fully saturated rings. The molecule has 2 aliphatic carbocycles. The Hall–Kier alpha value is -2.47. The van der Waals surface area contributed by atoms with Gasteiger partial charge in [0, 0.05) is 25.8 Å². The molecule has 2 aromatic rings. The SMILES string of the molecule is COC[C@H]1Cc2cc3c(c(NC(=O)N=S(N)(=O)c4cnn5c4OC[C@H]5COC)c21)CCC3. The average molecular weight is 462 g/mol. The smallest absolute Gasteiger partial charge is 0.354 e. The first-order chi connectivity index (χ1) is 15.4. The Bertz CT molecular complexity index is 1200. The first-order valence-electron chi connectivity index (χ1n) is 10.6. The van der Waals surface area contributed by atoms with Crippen molar-refractivity contribution in [2.75, 3.05) is 39.4 Å². The van der Waals surface area contributed by atoms with Gasteiger partial charge in [-0.1, -0.05) is 6.07 Å². The van der Waals surface area contributed by atoms with E-state index in [1.165, 1.54) is 17.3 Å². The average Bonchev–Trinajstić information content (AvgIpc) is 3.43. The lowest BCUT2D eigenvalue weighted by Crippen LogP contribution is -2.26. The molecule has 1 unspecified atom stereocenters. The molecule has 3 atom stereocenters. The van der Waals surface area contributed by atoms with Gasteiger partial charge in [0.25, 0.3) is 0 Å². The zero-order valence-electron chi connectivity index (χ0n) is 18.1. The van der Waals surface area contributed by atoms with Crippen molar-refractivity contribution in [2.24, 2.45) is 9.50 Å². The Morgan fingerprint density at radius 2 is 2.16 bits per heavy atom. The van der Waals surface area contributed by atoms with Crippen LogP contribution in [0, 0.1) is 0 Å². The molecule has 0 bridgehead atoms. The third kappa shape index (κ3) is 3.49. The molecule has 172 valence electrons. The fourth-order valence-electron chi connectivity index (χ4n) is 4.97. The van der Waals surface area contributed by atoms with E-state index in [4.69, 9.17) is 19.3 Å². The van der Waals surface area contributed by atoms with Crippen LogP contribution in [0.5, 0.6) is 5.88 Å². The molecule has 2 amide bonds. The normalized spacial score (nSPS) is 22.2. The van der Waals surface area contributed by atoms with Gasteiger partial charge in [-0.15, -0.1) is 4.36 Å². The number of nitrogens with one attached hydrogen (secondary N) is 1. The molecule has 0 radical (unpaired) electrons. The Morgan fingerprint density at radius 3 is 2.94 bits per heavy atom. The molecule has 10 nitrogen and oxygen atoms in total. The van der Waals surface area contributed by atoms with Crippen molar-refractivity contribution in [3.63, 3.8) is 0 Å². The number of nitrogens with zero attached hydrogens (tertiary/aromatic N) is 3. The number of urea groups is 1. The van der Waals surface area contributed by atoms with Gasteiger partial charge in [-0.05, 0) is 47.9 Å². The van der Waals surface area contributed by atoms with Crippen molar-refractivity contribution in [1.29, 1.82) is 0 Å². The molecular weight excluding hydrogens is 434 g/mol. The van der Waals surface area contributed by atoms with Gasteiger partial charge in [-0.3, -0.25) is 0 Å². The summed E-state index contributed by atoms with van der Waals surface area (Å²) in [6.07, 6.45) is 5.20. The van der Waals surface area contributed by atoms with Crippen LogP contribution in [-0.2, 0) is 38.7 Å². The van der Waals surface area contributed by atoms with E-state index in [2.05, 4.69) is 20.8 Å². The highest BCUT2D eigenvalue weighted by Gasteiger charge is 2.35. The lowest BCUT2D eigenvalue weighted by molar-refractivity contribution is 0.145. The number of carbonyl (C=O) groups is 1. The zero-order valence-corrected chi connectivity index (χ0v) is 18.9. The van der Waals surface area contributed by atoms with Crippen molar-refractivity contribution in [3.8, 4) is 5.88 Å². The maximum atomic E-state index is 13.2. The fraction of sp³-hybridized carbons (Fsp3) is 0.524. The third-order valence-corrected chi connectivity index (χ3v) is 7.72. The minimum Gasteiger partial charge on any atom is -0.475 e. The number of nitrogens with two attached hydrogens (primary N) is 1.